The van der Waals surface area contributed by atoms with Crippen molar-refractivity contribution in [1.82, 2.24) is 9.71 Å². The van der Waals surface area contributed by atoms with E-state index in [-0.39, 0.29) is 9.92 Å². The first-order chi connectivity index (χ1) is 8.27. The van der Waals surface area contributed by atoms with Crippen molar-refractivity contribution in [2.75, 3.05) is 7.11 Å². The maximum absolute atomic E-state index is 11.8. The van der Waals surface area contributed by atoms with Gasteiger partial charge in [0.2, 0.25) is 10.0 Å². The van der Waals surface area contributed by atoms with Gasteiger partial charge in [0, 0.05) is 6.20 Å². The Bertz CT molecular complexity index is 610. The predicted octanol–water partition coefficient (Wildman–Crippen LogP) is -0.132. The lowest BCUT2D eigenvalue weighted by atomic mass is 10.4. The van der Waals surface area contributed by atoms with Crippen LogP contribution < -0.4 is 10.3 Å². The molecule has 1 heterocycles. The number of nitrogens with one attached hydrogen (secondary N) is 2. The fraction of sp³-hybridized carbons (Fsp3) is 0.333. The van der Waals surface area contributed by atoms with Crippen molar-refractivity contribution < 1.29 is 17.9 Å². The van der Waals surface area contributed by atoms with Crippen molar-refractivity contribution in [3.05, 3.63) is 27.6 Å². The molecule has 1 aromatic rings. The molecule has 2 N–H and O–H groups in total. The van der Waals surface area contributed by atoms with Gasteiger partial charge in [-0.25, -0.2) is 8.42 Å². The number of hydrogen-bond donors (Lipinski definition) is 2. The molecule has 0 aliphatic rings. The maximum Gasteiger partial charge on any atom is 0.323 e. The molecule has 1 rings (SSSR count). The smallest absolute Gasteiger partial charge is 0.323 e. The van der Waals surface area contributed by atoms with E-state index in [1.54, 1.807) is 0 Å². The average molecular weight is 295 g/mol. The quantitative estimate of drug-likeness (QED) is 0.753. The first-order valence-corrected chi connectivity index (χ1v) is 6.62. The van der Waals surface area contributed by atoms with Crippen molar-refractivity contribution in [1.29, 1.82) is 0 Å². The van der Waals surface area contributed by atoms with Crippen molar-refractivity contribution in [2.45, 2.75) is 17.9 Å². The number of halogens is 1. The van der Waals surface area contributed by atoms with Crippen LogP contribution in [0.1, 0.15) is 6.92 Å². The van der Waals surface area contributed by atoms with Gasteiger partial charge < -0.3 is 9.72 Å². The van der Waals surface area contributed by atoms with Crippen molar-refractivity contribution in [2.24, 2.45) is 0 Å². The molecule has 0 aromatic carbocycles. The molecule has 0 radical (unpaired) electrons. The fourth-order valence-electron chi connectivity index (χ4n) is 1.12. The summed E-state index contributed by atoms with van der Waals surface area (Å²) in [6.45, 7) is 1.33. The van der Waals surface area contributed by atoms with Gasteiger partial charge in [0.1, 0.15) is 11.1 Å². The van der Waals surface area contributed by atoms with Gasteiger partial charge in [0.05, 0.1) is 12.0 Å². The van der Waals surface area contributed by atoms with Crippen LogP contribution in [0.15, 0.2) is 22.0 Å². The zero-order valence-corrected chi connectivity index (χ0v) is 11.1. The third kappa shape index (κ3) is 3.31. The highest BCUT2D eigenvalue weighted by molar-refractivity contribution is 7.89. The molecule has 18 heavy (non-hydrogen) atoms. The maximum atomic E-state index is 11.8. The molecule has 0 unspecified atom stereocenters. The van der Waals surface area contributed by atoms with E-state index in [0.717, 1.165) is 19.4 Å². The third-order valence-corrected chi connectivity index (χ3v) is 3.83. The first-order valence-electron chi connectivity index (χ1n) is 4.76. The highest BCUT2D eigenvalue weighted by atomic mass is 35.5. The van der Waals surface area contributed by atoms with Crippen LogP contribution in [0, 0.1) is 0 Å². The molecule has 9 heteroatoms. The van der Waals surface area contributed by atoms with Gasteiger partial charge in [-0.1, -0.05) is 11.6 Å². The Hall–Kier alpha value is -1.38. The number of ether oxygens (including phenoxy) is 1. The molecule has 7 nitrogen and oxygen atoms in total. The van der Waals surface area contributed by atoms with Crippen LogP contribution in [0.4, 0.5) is 0 Å². The van der Waals surface area contributed by atoms with Gasteiger partial charge in [-0.2, -0.15) is 4.72 Å². The summed E-state index contributed by atoms with van der Waals surface area (Å²) in [6.07, 6.45) is 0.987. The molecular formula is C9H11ClN2O5S. The second kappa shape index (κ2) is 5.51. The van der Waals surface area contributed by atoms with E-state index >= 15 is 0 Å². The number of carbonyl (C=O) groups excluding carboxylic acids is 1. The molecule has 100 valence electrons. The van der Waals surface area contributed by atoms with E-state index in [9.17, 15) is 18.0 Å². The monoisotopic (exact) mass is 294 g/mol. The molecule has 0 aliphatic carbocycles. The van der Waals surface area contributed by atoms with E-state index in [4.69, 9.17) is 11.6 Å². The molecule has 0 fully saturated rings. The van der Waals surface area contributed by atoms with Gasteiger partial charge in [-0.05, 0) is 13.0 Å². The van der Waals surface area contributed by atoms with Crippen LogP contribution >= 0.6 is 11.6 Å². The minimum absolute atomic E-state index is 0.247. The summed E-state index contributed by atoms with van der Waals surface area (Å²) in [5, 5.41) is -0.261. The fourth-order valence-corrected chi connectivity index (χ4v) is 2.54. The Balaban J connectivity index is 3.03. The highest BCUT2D eigenvalue weighted by Gasteiger charge is 2.23. The molecule has 1 aromatic heterocycles. The summed E-state index contributed by atoms with van der Waals surface area (Å²) in [7, 11) is -2.82. The Morgan fingerprint density at radius 3 is 2.67 bits per heavy atom. The van der Waals surface area contributed by atoms with Crippen LogP contribution in [-0.4, -0.2) is 32.5 Å². The van der Waals surface area contributed by atoms with Crippen LogP contribution in [0.2, 0.25) is 5.02 Å². The number of hydrogen-bond acceptors (Lipinski definition) is 5. The van der Waals surface area contributed by atoms with Gasteiger partial charge in [-0.15, -0.1) is 0 Å². The molecule has 0 aliphatic heterocycles. The minimum atomic E-state index is -3.96. The number of carbonyl (C=O) groups is 1. The molecular weight excluding hydrogens is 284 g/mol. The number of aromatic nitrogens is 1. The van der Waals surface area contributed by atoms with E-state index in [1.807, 2.05) is 0 Å². The molecule has 1 atom stereocenters. The van der Waals surface area contributed by atoms with Crippen LogP contribution in [0.3, 0.4) is 0 Å². The lowest BCUT2D eigenvalue weighted by Gasteiger charge is -2.11. The van der Waals surface area contributed by atoms with Crippen molar-refractivity contribution in [3.8, 4) is 0 Å². The SMILES string of the molecule is COC(=O)[C@H](C)NS(=O)(=O)c1c[nH]c(=O)c(Cl)c1. The zero-order chi connectivity index (χ0) is 13.9. The molecule has 0 saturated carbocycles. The summed E-state index contributed by atoms with van der Waals surface area (Å²) in [5.41, 5.74) is -0.600. The summed E-state index contributed by atoms with van der Waals surface area (Å²) in [5.74, 6) is -0.728. The van der Waals surface area contributed by atoms with Gasteiger partial charge in [0.15, 0.2) is 0 Å². The normalized spacial score (nSPS) is 13.1. The molecule has 0 spiro atoms. The minimum Gasteiger partial charge on any atom is -0.468 e. The lowest BCUT2D eigenvalue weighted by Crippen LogP contribution is -2.39. The Kier molecular flexibility index (Phi) is 4.49. The number of esters is 1. The largest absolute Gasteiger partial charge is 0.468 e. The number of aromatic amines is 1. The van der Waals surface area contributed by atoms with Gasteiger partial charge in [-0.3, -0.25) is 9.59 Å². The second-order valence-electron chi connectivity index (χ2n) is 3.38. The molecule has 0 saturated heterocycles. The summed E-state index contributed by atoms with van der Waals surface area (Å²) in [4.78, 5) is 24.0. The van der Waals surface area contributed by atoms with Crippen molar-refractivity contribution in [3.63, 3.8) is 0 Å². The number of sulfonamides is 1. The second-order valence-corrected chi connectivity index (χ2v) is 5.50. The Morgan fingerprint density at radius 2 is 2.17 bits per heavy atom. The first kappa shape index (κ1) is 14.7. The molecule has 0 bridgehead atoms. The topological polar surface area (TPSA) is 105 Å². The van der Waals surface area contributed by atoms with E-state index in [2.05, 4.69) is 14.4 Å². The van der Waals surface area contributed by atoms with E-state index < -0.39 is 27.6 Å². The Labute approximate surface area is 108 Å². The number of H-pyrrole nitrogens is 1. The predicted molar refractivity (Wildman–Crippen MR) is 63.9 cm³/mol. The van der Waals surface area contributed by atoms with E-state index in [1.165, 1.54) is 6.92 Å². The lowest BCUT2D eigenvalue weighted by molar-refractivity contribution is -0.142. The number of rotatable bonds is 4. The van der Waals surface area contributed by atoms with Crippen LogP contribution in [0.5, 0.6) is 0 Å². The van der Waals surface area contributed by atoms with Crippen LogP contribution in [0.25, 0.3) is 0 Å². The van der Waals surface area contributed by atoms with E-state index in [0.29, 0.717) is 0 Å². The van der Waals surface area contributed by atoms with Gasteiger partial charge >= 0.3 is 5.97 Å². The Morgan fingerprint density at radius 1 is 1.56 bits per heavy atom. The third-order valence-electron chi connectivity index (χ3n) is 2.03. The van der Waals surface area contributed by atoms with Crippen molar-refractivity contribution >= 4 is 27.6 Å². The molecule has 0 amide bonds. The zero-order valence-electron chi connectivity index (χ0n) is 9.56. The number of methoxy groups -OCH3 is 1. The standard InChI is InChI=1S/C9H11ClN2O5S/c1-5(9(14)17-2)12-18(15,16)6-3-7(10)8(13)11-4-6/h3-5,12H,1-2H3,(H,11,13)/t5-/m0/s1. The van der Waals surface area contributed by atoms with Crippen LogP contribution in [-0.2, 0) is 19.6 Å². The number of pyridine rings is 1. The summed E-state index contributed by atoms with van der Waals surface area (Å²) >= 11 is 5.52. The summed E-state index contributed by atoms with van der Waals surface area (Å²) < 4.78 is 30.1. The highest BCUT2D eigenvalue weighted by Crippen LogP contribution is 2.11. The summed E-state index contributed by atoms with van der Waals surface area (Å²) in [6, 6.07) is -0.0575. The average Bonchev–Trinajstić information content (AvgIpc) is 2.30. The van der Waals surface area contributed by atoms with Gasteiger partial charge in [0.25, 0.3) is 5.56 Å².